The molecule has 1 amide bonds. The molecule has 0 bridgehead atoms. The van der Waals surface area contributed by atoms with Gasteiger partial charge >= 0.3 is 6.18 Å². The molecule has 36 heavy (non-hydrogen) atoms. The molecular weight excluding hydrogens is 538 g/mol. The number of halogens is 5. The summed E-state index contributed by atoms with van der Waals surface area (Å²) in [6, 6.07) is 15.2. The van der Waals surface area contributed by atoms with Gasteiger partial charge in [0.2, 0.25) is 10.0 Å². The molecule has 0 saturated carbocycles. The van der Waals surface area contributed by atoms with E-state index in [1.165, 1.54) is 48.5 Å². The highest BCUT2D eigenvalue weighted by Crippen LogP contribution is 2.31. The zero-order valence-corrected chi connectivity index (χ0v) is 21.1. The van der Waals surface area contributed by atoms with Crippen molar-refractivity contribution in [1.82, 2.24) is 9.73 Å². The molecule has 0 spiro atoms. The Morgan fingerprint density at radius 1 is 1.06 bits per heavy atom. The average molecular weight is 558 g/mol. The molecule has 0 heterocycles. The van der Waals surface area contributed by atoms with Gasteiger partial charge in [-0.05, 0) is 42.8 Å². The molecule has 0 aliphatic heterocycles. The topological polar surface area (TPSA) is 78.8 Å². The summed E-state index contributed by atoms with van der Waals surface area (Å²) in [5, 5.41) is 4.13. The van der Waals surface area contributed by atoms with E-state index in [9.17, 15) is 26.4 Å². The van der Waals surface area contributed by atoms with Gasteiger partial charge < -0.3 is 0 Å². The number of hydrogen-bond acceptors (Lipinski definition) is 4. The number of amides is 1. The predicted molar refractivity (Wildman–Crippen MR) is 132 cm³/mol. The minimum Gasteiger partial charge on any atom is -0.272 e. The second-order valence-electron chi connectivity index (χ2n) is 7.70. The third kappa shape index (κ3) is 7.07. The highest BCUT2D eigenvalue weighted by Gasteiger charge is 2.32. The van der Waals surface area contributed by atoms with E-state index in [0.717, 1.165) is 22.1 Å². The minimum atomic E-state index is -4.61. The van der Waals surface area contributed by atoms with Crippen molar-refractivity contribution in [3.63, 3.8) is 0 Å². The van der Waals surface area contributed by atoms with Crippen LogP contribution < -0.4 is 5.43 Å². The minimum absolute atomic E-state index is 0.0476. The van der Waals surface area contributed by atoms with Crippen molar-refractivity contribution in [2.45, 2.75) is 24.5 Å². The summed E-state index contributed by atoms with van der Waals surface area (Å²) in [6.07, 6.45) is -3.76. The van der Waals surface area contributed by atoms with Crippen molar-refractivity contribution in [2.75, 3.05) is 6.54 Å². The van der Waals surface area contributed by atoms with Crippen LogP contribution in [0.25, 0.3) is 0 Å². The Labute approximate surface area is 216 Å². The maximum absolute atomic E-state index is 13.3. The molecule has 6 nitrogen and oxygen atoms in total. The number of aryl methyl sites for hydroxylation is 1. The number of hydrogen-bond donors (Lipinski definition) is 1. The van der Waals surface area contributed by atoms with Crippen molar-refractivity contribution in [3.05, 3.63) is 99.0 Å². The smallest absolute Gasteiger partial charge is 0.272 e. The molecule has 0 unspecified atom stereocenters. The third-order valence-electron chi connectivity index (χ3n) is 5.00. The van der Waals surface area contributed by atoms with Crippen LogP contribution in [0.3, 0.4) is 0 Å². The van der Waals surface area contributed by atoms with Gasteiger partial charge in [0.25, 0.3) is 5.91 Å². The molecule has 3 aromatic carbocycles. The molecule has 0 saturated heterocycles. The Morgan fingerprint density at radius 3 is 2.36 bits per heavy atom. The first-order chi connectivity index (χ1) is 16.9. The van der Waals surface area contributed by atoms with Gasteiger partial charge in [-0.2, -0.15) is 22.6 Å². The lowest BCUT2D eigenvalue weighted by molar-refractivity contribution is -0.137. The van der Waals surface area contributed by atoms with Crippen LogP contribution in [-0.2, 0) is 27.5 Å². The van der Waals surface area contributed by atoms with Crippen LogP contribution in [0.1, 0.15) is 22.3 Å². The van der Waals surface area contributed by atoms with Crippen LogP contribution in [0.4, 0.5) is 13.2 Å². The third-order valence-corrected chi connectivity index (χ3v) is 7.39. The summed E-state index contributed by atoms with van der Waals surface area (Å²) in [7, 11) is -4.16. The van der Waals surface area contributed by atoms with E-state index in [4.69, 9.17) is 23.2 Å². The molecular formula is C24H20Cl2F3N3O3S. The van der Waals surface area contributed by atoms with Gasteiger partial charge in [-0.15, -0.1) is 0 Å². The molecule has 0 radical (unpaired) electrons. The highest BCUT2D eigenvalue weighted by molar-refractivity contribution is 7.89. The molecule has 12 heteroatoms. The van der Waals surface area contributed by atoms with Gasteiger partial charge in [0.15, 0.2) is 0 Å². The van der Waals surface area contributed by atoms with Gasteiger partial charge in [-0.1, -0.05) is 65.2 Å². The molecule has 3 aromatic rings. The summed E-state index contributed by atoms with van der Waals surface area (Å²) in [5.41, 5.74) is 2.13. The Balaban J connectivity index is 1.84. The van der Waals surface area contributed by atoms with Gasteiger partial charge in [-0.25, -0.2) is 13.8 Å². The van der Waals surface area contributed by atoms with Crippen LogP contribution in [0.5, 0.6) is 0 Å². The first kappa shape index (κ1) is 27.7. The molecule has 0 atom stereocenters. The molecule has 0 fully saturated rings. The normalized spacial score (nSPS) is 12.3. The number of benzene rings is 3. The Bertz CT molecular complexity index is 1380. The first-order valence-corrected chi connectivity index (χ1v) is 12.6. The van der Waals surface area contributed by atoms with Crippen LogP contribution in [0, 0.1) is 6.92 Å². The van der Waals surface area contributed by atoms with Crippen molar-refractivity contribution in [1.29, 1.82) is 0 Å². The van der Waals surface area contributed by atoms with E-state index in [1.54, 1.807) is 19.1 Å². The summed E-state index contributed by atoms with van der Waals surface area (Å²) < 4.78 is 67.0. The fourth-order valence-corrected chi connectivity index (χ4v) is 5.00. The summed E-state index contributed by atoms with van der Waals surface area (Å²) >= 11 is 12.1. The standard InChI is InChI=1S/C24H20Cl2F3N3O3S/c1-16-6-10-20(11-7-16)36(34,35)32(14-18-8-9-19(25)12-22(18)26)15-23(33)31-30-13-17-4-2-3-5-21(17)24(27,28)29/h2-13H,14-15H2,1H3,(H,31,33)/b30-13+. The van der Waals surface area contributed by atoms with Gasteiger partial charge in [0, 0.05) is 22.2 Å². The lowest BCUT2D eigenvalue weighted by atomic mass is 10.1. The summed E-state index contributed by atoms with van der Waals surface area (Å²) in [5.74, 6) is -0.864. The second kappa shape index (κ2) is 11.4. The fraction of sp³-hybridized carbons (Fsp3) is 0.167. The fourth-order valence-electron chi connectivity index (χ4n) is 3.16. The Hall–Kier alpha value is -2.92. The monoisotopic (exact) mass is 557 g/mol. The van der Waals surface area contributed by atoms with Crippen molar-refractivity contribution in [3.8, 4) is 0 Å². The highest BCUT2D eigenvalue weighted by atomic mass is 35.5. The number of carbonyl (C=O) groups excluding carboxylic acids is 1. The largest absolute Gasteiger partial charge is 0.417 e. The predicted octanol–water partition coefficient (Wildman–Crippen LogP) is 5.66. The molecule has 3 rings (SSSR count). The van der Waals surface area contributed by atoms with E-state index in [0.29, 0.717) is 10.6 Å². The van der Waals surface area contributed by atoms with Crippen LogP contribution >= 0.6 is 23.2 Å². The average Bonchev–Trinajstić information content (AvgIpc) is 2.80. The van der Waals surface area contributed by atoms with E-state index < -0.39 is 34.2 Å². The first-order valence-electron chi connectivity index (χ1n) is 10.4. The SMILES string of the molecule is Cc1ccc(S(=O)(=O)N(CC(=O)N/N=C/c2ccccc2C(F)(F)F)Cc2ccc(Cl)cc2Cl)cc1. The maximum atomic E-state index is 13.3. The Kier molecular flexibility index (Phi) is 8.78. The molecule has 190 valence electrons. The zero-order chi connectivity index (χ0) is 26.5. The number of nitrogens with one attached hydrogen (secondary N) is 1. The number of rotatable bonds is 8. The van der Waals surface area contributed by atoms with Crippen molar-refractivity contribution < 1.29 is 26.4 Å². The summed E-state index contributed by atoms with van der Waals surface area (Å²) in [6.45, 7) is 0.859. The van der Waals surface area contributed by atoms with Gasteiger partial charge in [-0.3, -0.25) is 4.79 Å². The lowest BCUT2D eigenvalue weighted by Crippen LogP contribution is -2.39. The molecule has 1 N–H and O–H groups in total. The number of hydrazone groups is 1. The van der Waals surface area contributed by atoms with Crippen LogP contribution in [-0.4, -0.2) is 31.4 Å². The molecule has 0 aliphatic carbocycles. The second-order valence-corrected chi connectivity index (χ2v) is 10.5. The number of carbonyl (C=O) groups is 1. The van der Waals surface area contributed by atoms with Crippen molar-refractivity contribution >= 4 is 45.3 Å². The van der Waals surface area contributed by atoms with E-state index in [1.807, 2.05) is 0 Å². The molecule has 0 aromatic heterocycles. The van der Waals surface area contributed by atoms with Gasteiger partial charge in [0.05, 0.1) is 23.2 Å². The number of alkyl halides is 3. The number of nitrogens with zero attached hydrogens (tertiary/aromatic N) is 2. The van der Waals surface area contributed by atoms with Gasteiger partial charge in [0.1, 0.15) is 0 Å². The van der Waals surface area contributed by atoms with Crippen molar-refractivity contribution in [2.24, 2.45) is 5.10 Å². The van der Waals surface area contributed by atoms with Crippen LogP contribution in [0.15, 0.2) is 76.7 Å². The lowest BCUT2D eigenvalue weighted by Gasteiger charge is -2.22. The number of sulfonamides is 1. The summed E-state index contributed by atoms with van der Waals surface area (Å²) in [4.78, 5) is 12.5. The van der Waals surface area contributed by atoms with Crippen LogP contribution in [0.2, 0.25) is 10.0 Å². The van der Waals surface area contributed by atoms with E-state index in [-0.39, 0.29) is 22.0 Å². The molecule has 0 aliphatic rings. The zero-order valence-electron chi connectivity index (χ0n) is 18.8. The van der Waals surface area contributed by atoms with E-state index in [2.05, 4.69) is 10.5 Å². The van der Waals surface area contributed by atoms with E-state index >= 15 is 0 Å². The maximum Gasteiger partial charge on any atom is 0.417 e. The quantitative estimate of drug-likeness (QED) is 0.286. The Morgan fingerprint density at radius 2 is 1.72 bits per heavy atom.